The van der Waals surface area contributed by atoms with Crippen molar-refractivity contribution in [2.24, 2.45) is 0 Å². The molecule has 2 aromatic rings. The van der Waals surface area contributed by atoms with Crippen LogP contribution in [0.2, 0.25) is 0 Å². The summed E-state index contributed by atoms with van der Waals surface area (Å²) in [6, 6.07) is 8.22. The van der Waals surface area contributed by atoms with E-state index >= 15 is 0 Å². The Balaban J connectivity index is 2.49. The highest BCUT2D eigenvalue weighted by molar-refractivity contribution is 5.64. The number of nitrogens with one attached hydrogen (secondary N) is 1. The van der Waals surface area contributed by atoms with Gasteiger partial charge in [-0.1, -0.05) is 12.1 Å². The summed E-state index contributed by atoms with van der Waals surface area (Å²) in [5.41, 5.74) is -0.304. The third-order valence-corrected chi connectivity index (χ3v) is 2.18. The van der Waals surface area contributed by atoms with Crippen molar-refractivity contribution >= 4 is 0 Å². The lowest BCUT2D eigenvalue weighted by atomic mass is 10.1. The topological polar surface area (TPSA) is 52.5 Å². The smallest absolute Gasteiger partial charge is 0.334 e. The number of aromatic amines is 1. The van der Waals surface area contributed by atoms with Gasteiger partial charge in [-0.3, -0.25) is 0 Å². The number of hydrogen-bond donors (Lipinski definition) is 1. The first-order valence-electron chi connectivity index (χ1n) is 4.64. The number of H-pyrrole nitrogens is 1. The molecule has 0 spiro atoms. The molecule has 0 bridgehead atoms. The van der Waals surface area contributed by atoms with Gasteiger partial charge in [-0.2, -0.15) is 18.4 Å². The van der Waals surface area contributed by atoms with Crippen molar-refractivity contribution in [2.75, 3.05) is 0 Å². The van der Waals surface area contributed by atoms with Crippen LogP contribution in [-0.4, -0.2) is 9.97 Å². The SMILES string of the molecule is N#Cc1ccccc1-c1ncc(C(F)(F)F)[nH]1. The molecular weight excluding hydrogens is 231 g/mol. The number of halogens is 3. The van der Waals surface area contributed by atoms with Crippen LogP contribution >= 0.6 is 0 Å². The van der Waals surface area contributed by atoms with Gasteiger partial charge in [-0.25, -0.2) is 4.98 Å². The van der Waals surface area contributed by atoms with Gasteiger partial charge in [0.15, 0.2) is 0 Å². The summed E-state index contributed by atoms with van der Waals surface area (Å²) in [7, 11) is 0. The number of hydrogen-bond acceptors (Lipinski definition) is 2. The van der Waals surface area contributed by atoms with Gasteiger partial charge in [-0.15, -0.1) is 0 Å². The van der Waals surface area contributed by atoms with Crippen molar-refractivity contribution in [2.45, 2.75) is 6.18 Å². The number of benzene rings is 1. The third-order valence-electron chi connectivity index (χ3n) is 2.18. The largest absolute Gasteiger partial charge is 0.432 e. The number of aromatic nitrogens is 2. The van der Waals surface area contributed by atoms with Crippen LogP contribution in [0, 0.1) is 11.3 Å². The van der Waals surface area contributed by atoms with Crippen LogP contribution in [0.3, 0.4) is 0 Å². The quantitative estimate of drug-likeness (QED) is 0.828. The van der Waals surface area contributed by atoms with E-state index in [4.69, 9.17) is 5.26 Å². The molecule has 1 heterocycles. The minimum atomic E-state index is -4.47. The molecule has 0 atom stereocenters. The summed E-state index contributed by atoms with van der Waals surface area (Å²) < 4.78 is 37.1. The predicted molar refractivity (Wildman–Crippen MR) is 53.7 cm³/mol. The molecular formula is C11H6F3N3. The van der Waals surface area contributed by atoms with E-state index in [0.717, 1.165) is 0 Å². The maximum Gasteiger partial charge on any atom is 0.432 e. The lowest BCUT2D eigenvalue weighted by molar-refractivity contribution is -0.140. The Morgan fingerprint density at radius 1 is 1.24 bits per heavy atom. The zero-order chi connectivity index (χ0) is 12.5. The second-order valence-corrected chi connectivity index (χ2v) is 3.30. The summed E-state index contributed by atoms with van der Waals surface area (Å²) in [5.74, 6) is 0.0366. The summed E-state index contributed by atoms with van der Waals surface area (Å²) in [5, 5.41) is 8.83. The molecule has 0 saturated heterocycles. The second-order valence-electron chi connectivity index (χ2n) is 3.30. The number of imidazole rings is 1. The summed E-state index contributed by atoms with van der Waals surface area (Å²) >= 11 is 0. The molecule has 2 rings (SSSR count). The molecule has 0 aliphatic heterocycles. The zero-order valence-corrected chi connectivity index (χ0v) is 8.42. The van der Waals surface area contributed by atoms with Crippen molar-refractivity contribution in [3.05, 3.63) is 41.7 Å². The van der Waals surface area contributed by atoms with Crippen LogP contribution in [0.1, 0.15) is 11.3 Å². The summed E-state index contributed by atoms with van der Waals surface area (Å²) in [6.07, 6.45) is -3.75. The molecule has 86 valence electrons. The van der Waals surface area contributed by atoms with E-state index in [9.17, 15) is 13.2 Å². The van der Waals surface area contributed by atoms with Crippen molar-refractivity contribution in [3.8, 4) is 17.5 Å². The second kappa shape index (κ2) is 3.94. The Morgan fingerprint density at radius 3 is 2.53 bits per heavy atom. The molecule has 1 N–H and O–H groups in total. The molecule has 1 aromatic heterocycles. The Labute approximate surface area is 94.5 Å². The van der Waals surface area contributed by atoms with Crippen molar-refractivity contribution in [1.29, 1.82) is 5.26 Å². The third kappa shape index (κ3) is 2.13. The molecule has 0 fully saturated rings. The molecule has 0 aliphatic carbocycles. The maximum absolute atomic E-state index is 12.4. The summed E-state index contributed by atoms with van der Waals surface area (Å²) in [4.78, 5) is 5.79. The fourth-order valence-corrected chi connectivity index (χ4v) is 1.39. The molecule has 6 heteroatoms. The van der Waals surface area contributed by atoms with Gasteiger partial charge < -0.3 is 4.98 Å². The standard InChI is InChI=1S/C11H6F3N3/c12-11(13,14)9-6-16-10(17-9)8-4-2-1-3-7(8)5-15/h1-4,6H,(H,16,17). The van der Waals surface area contributed by atoms with E-state index in [2.05, 4.69) is 9.97 Å². The molecule has 3 nitrogen and oxygen atoms in total. The molecule has 0 radical (unpaired) electrons. The minimum Gasteiger partial charge on any atom is -0.334 e. The van der Waals surface area contributed by atoms with E-state index in [1.54, 1.807) is 12.1 Å². The summed E-state index contributed by atoms with van der Waals surface area (Å²) in [6.45, 7) is 0. The first-order valence-corrected chi connectivity index (χ1v) is 4.64. The van der Waals surface area contributed by atoms with E-state index in [0.29, 0.717) is 11.8 Å². The Morgan fingerprint density at radius 2 is 1.94 bits per heavy atom. The van der Waals surface area contributed by atoms with Crippen LogP contribution in [0.15, 0.2) is 30.5 Å². The normalized spacial score (nSPS) is 11.2. The Bertz CT molecular complexity index is 578. The highest BCUT2D eigenvalue weighted by Crippen LogP contribution is 2.29. The van der Waals surface area contributed by atoms with E-state index in [1.165, 1.54) is 12.1 Å². The number of nitrogens with zero attached hydrogens (tertiary/aromatic N) is 2. The lowest BCUT2D eigenvalue weighted by Crippen LogP contribution is -2.04. The van der Waals surface area contributed by atoms with Crippen LogP contribution in [0.4, 0.5) is 13.2 Å². The average Bonchev–Trinajstić information content (AvgIpc) is 2.77. The highest BCUT2D eigenvalue weighted by atomic mass is 19.4. The van der Waals surface area contributed by atoms with E-state index in [1.807, 2.05) is 6.07 Å². The molecule has 0 aliphatic rings. The lowest BCUT2D eigenvalue weighted by Gasteiger charge is -2.02. The van der Waals surface area contributed by atoms with Crippen molar-refractivity contribution < 1.29 is 13.2 Å². The fourth-order valence-electron chi connectivity index (χ4n) is 1.39. The number of nitriles is 1. The van der Waals surface area contributed by atoms with Gasteiger partial charge in [0.05, 0.1) is 17.8 Å². The van der Waals surface area contributed by atoms with Gasteiger partial charge in [0, 0.05) is 5.56 Å². The van der Waals surface area contributed by atoms with Gasteiger partial charge in [-0.05, 0) is 12.1 Å². The van der Waals surface area contributed by atoms with Crippen LogP contribution in [0.25, 0.3) is 11.4 Å². The zero-order valence-electron chi connectivity index (χ0n) is 8.42. The highest BCUT2D eigenvalue weighted by Gasteiger charge is 2.33. The van der Waals surface area contributed by atoms with E-state index < -0.39 is 11.9 Å². The van der Waals surface area contributed by atoms with Crippen LogP contribution < -0.4 is 0 Å². The predicted octanol–water partition coefficient (Wildman–Crippen LogP) is 2.97. The number of rotatable bonds is 1. The average molecular weight is 237 g/mol. The monoisotopic (exact) mass is 237 g/mol. The molecule has 17 heavy (non-hydrogen) atoms. The minimum absolute atomic E-state index is 0.0366. The Kier molecular flexibility index (Phi) is 2.60. The maximum atomic E-state index is 12.4. The first kappa shape index (κ1) is 11.2. The fraction of sp³-hybridized carbons (Fsp3) is 0.0909. The van der Waals surface area contributed by atoms with Crippen LogP contribution in [-0.2, 0) is 6.18 Å². The Hall–Kier alpha value is -2.29. The van der Waals surface area contributed by atoms with E-state index in [-0.39, 0.29) is 11.4 Å². The molecule has 0 unspecified atom stereocenters. The molecule has 0 amide bonds. The van der Waals surface area contributed by atoms with Crippen LogP contribution in [0.5, 0.6) is 0 Å². The van der Waals surface area contributed by atoms with Gasteiger partial charge in [0.2, 0.25) is 0 Å². The number of alkyl halides is 3. The van der Waals surface area contributed by atoms with Crippen molar-refractivity contribution in [1.82, 2.24) is 9.97 Å². The molecule has 0 saturated carbocycles. The first-order chi connectivity index (χ1) is 8.02. The van der Waals surface area contributed by atoms with Gasteiger partial charge >= 0.3 is 6.18 Å². The van der Waals surface area contributed by atoms with Crippen molar-refractivity contribution in [3.63, 3.8) is 0 Å². The van der Waals surface area contributed by atoms with Gasteiger partial charge in [0.25, 0.3) is 0 Å². The molecule has 1 aromatic carbocycles. The van der Waals surface area contributed by atoms with Gasteiger partial charge in [0.1, 0.15) is 11.5 Å².